The number of aromatic nitrogens is 3. The lowest BCUT2D eigenvalue weighted by molar-refractivity contribution is 1.16. The maximum atomic E-state index is 4.57. The number of para-hydroxylation sites is 1. The Labute approximate surface area is 127 Å². The molecule has 0 aliphatic heterocycles. The number of nitrogens with zero attached hydrogens (tertiary/aromatic N) is 3. The van der Waals surface area contributed by atoms with E-state index >= 15 is 0 Å². The average molecular weight is 297 g/mol. The molecular weight excluding hydrogens is 282 g/mol. The number of benzene rings is 1. The number of anilines is 3. The molecular formula is C15H15N5S. The Bertz CT molecular complexity index is 739. The van der Waals surface area contributed by atoms with Gasteiger partial charge in [0, 0.05) is 18.9 Å². The molecule has 2 N–H and O–H groups in total. The fourth-order valence-corrected chi connectivity index (χ4v) is 2.83. The maximum Gasteiger partial charge on any atom is 0.227 e. The van der Waals surface area contributed by atoms with Crippen molar-refractivity contribution in [2.45, 2.75) is 6.92 Å². The molecule has 0 spiro atoms. The molecule has 2 heterocycles. The maximum absolute atomic E-state index is 4.57. The molecule has 0 radical (unpaired) electrons. The Morgan fingerprint density at radius 3 is 2.57 bits per heavy atom. The summed E-state index contributed by atoms with van der Waals surface area (Å²) in [7, 11) is 1.87. The van der Waals surface area contributed by atoms with Crippen LogP contribution in [-0.4, -0.2) is 22.0 Å². The van der Waals surface area contributed by atoms with Crippen LogP contribution >= 0.6 is 11.3 Å². The van der Waals surface area contributed by atoms with Gasteiger partial charge in [-0.3, -0.25) is 0 Å². The van der Waals surface area contributed by atoms with Gasteiger partial charge in [0.15, 0.2) is 5.13 Å². The van der Waals surface area contributed by atoms with E-state index < -0.39 is 0 Å². The number of thiazole rings is 1. The Morgan fingerprint density at radius 1 is 1.05 bits per heavy atom. The second-order valence-corrected chi connectivity index (χ2v) is 5.44. The first kappa shape index (κ1) is 13.5. The van der Waals surface area contributed by atoms with Crippen molar-refractivity contribution in [3.05, 3.63) is 48.3 Å². The fourth-order valence-electron chi connectivity index (χ4n) is 1.94. The Hall–Kier alpha value is -2.47. The van der Waals surface area contributed by atoms with Gasteiger partial charge in [-0.2, -0.15) is 0 Å². The molecule has 0 saturated carbocycles. The number of hydrogen-bond acceptors (Lipinski definition) is 6. The van der Waals surface area contributed by atoms with Gasteiger partial charge in [0.25, 0.3) is 0 Å². The van der Waals surface area contributed by atoms with Crippen molar-refractivity contribution in [1.29, 1.82) is 0 Å². The lowest BCUT2D eigenvalue weighted by atomic mass is 10.3. The van der Waals surface area contributed by atoms with E-state index in [-0.39, 0.29) is 0 Å². The molecule has 3 aromatic rings. The van der Waals surface area contributed by atoms with Crippen molar-refractivity contribution in [1.82, 2.24) is 15.0 Å². The van der Waals surface area contributed by atoms with Crippen molar-refractivity contribution in [3.8, 4) is 10.6 Å². The summed E-state index contributed by atoms with van der Waals surface area (Å²) in [4.78, 5) is 14.3. The molecule has 5 nitrogen and oxygen atoms in total. The molecule has 0 saturated heterocycles. The lowest BCUT2D eigenvalue weighted by Crippen LogP contribution is -1.97. The summed E-state index contributed by atoms with van der Waals surface area (Å²) < 4.78 is 0. The molecule has 21 heavy (non-hydrogen) atoms. The topological polar surface area (TPSA) is 62.7 Å². The summed E-state index contributed by atoms with van der Waals surface area (Å²) >= 11 is 1.59. The van der Waals surface area contributed by atoms with Crippen LogP contribution in [-0.2, 0) is 0 Å². The van der Waals surface area contributed by atoms with Crippen LogP contribution in [0.2, 0.25) is 0 Å². The van der Waals surface area contributed by atoms with Gasteiger partial charge in [-0.1, -0.05) is 29.5 Å². The molecule has 0 aliphatic rings. The van der Waals surface area contributed by atoms with E-state index in [1.165, 1.54) is 0 Å². The second-order valence-electron chi connectivity index (χ2n) is 4.44. The number of hydrogen-bond donors (Lipinski definition) is 2. The Kier molecular flexibility index (Phi) is 3.79. The van der Waals surface area contributed by atoms with Crippen LogP contribution in [0, 0.1) is 6.92 Å². The minimum Gasteiger partial charge on any atom is -0.365 e. The molecule has 0 atom stereocenters. The molecule has 1 aromatic carbocycles. The van der Waals surface area contributed by atoms with Gasteiger partial charge in [-0.05, 0) is 25.1 Å². The highest BCUT2D eigenvalue weighted by Crippen LogP contribution is 2.31. The van der Waals surface area contributed by atoms with E-state index in [9.17, 15) is 0 Å². The third-order valence-corrected chi connectivity index (χ3v) is 4.13. The fraction of sp³-hybridized carbons (Fsp3) is 0.133. The van der Waals surface area contributed by atoms with Crippen LogP contribution in [0.25, 0.3) is 10.6 Å². The highest BCUT2D eigenvalue weighted by molar-refractivity contribution is 7.19. The van der Waals surface area contributed by atoms with Crippen LogP contribution in [0.1, 0.15) is 5.69 Å². The molecule has 0 amide bonds. The smallest absolute Gasteiger partial charge is 0.227 e. The summed E-state index contributed by atoms with van der Waals surface area (Å²) in [5, 5.41) is 7.15. The first-order chi connectivity index (χ1) is 10.3. The van der Waals surface area contributed by atoms with Gasteiger partial charge in [0.2, 0.25) is 5.95 Å². The molecule has 0 fully saturated rings. The molecule has 3 rings (SSSR count). The molecule has 2 aromatic heterocycles. The van der Waals surface area contributed by atoms with Gasteiger partial charge >= 0.3 is 0 Å². The van der Waals surface area contributed by atoms with Crippen molar-refractivity contribution in [2.24, 2.45) is 0 Å². The van der Waals surface area contributed by atoms with Crippen molar-refractivity contribution in [2.75, 3.05) is 17.7 Å². The molecule has 0 bridgehead atoms. The van der Waals surface area contributed by atoms with Crippen LogP contribution < -0.4 is 10.6 Å². The number of rotatable bonds is 4. The average Bonchev–Trinajstić information content (AvgIpc) is 2.90. The summed E-state index contributed by atoms with van der Waals surface area (Å²) in [5.74, 6) is 0.581. The standard InChI is InChI=1S/C15H15N5S/c1-10-13(21-15(16-2)18-10)12-8-9-17-14(20-12)19-11-6-4-3-5-7-11/h3-9H,1-2H3,(H,16,18)(H,17,19,20). The molecule has 0 unspecified atom stereocenters. The minimum atomic E-state index is 0.581. The predicted octanol–water partition coefficient (Wildman–Crippen LogP) is 3.69. The van der Waals surface area contributed by atoms with E-state index in [0.29, 0.717) is 5.95 Å². The van der Waals surface area contributed by atoms with Gasteiger partial charge in [0.1, 0.15) is 0 Å². The molecule has 6 heteroatoms. The van der Waals surface area contributed by atoms with Crippen LogP contribution in [0.15, 0.2) is 42.6 Å². The van der Waals surface area contributed by atoms with E-state index in [0.717, 1.165) is 27.1 Å². The van der Waals surface area contributed by atoms with Crippen molar-refractivity contribution < 1.29 is 0 Å². The Morgan fingerprint density at radius 2 is 1.86 bits per heavy atom. The van der Waals surface area contributed by atoms with E-state index in [4.69, 9.17) is 0 Å². The first-order valence-corrected chi connectivity index (χ1v) is 7.38. The quantitative estimate of drug-likeness (QED) is 0.769. The summed E-state index contributed by atoms with van der Waals surface area (Å²) in [5.41, 5.74) is 2.81. The largest absolute Gasteiger partial charge is 0.365 e. The summed E-state index contributed by atoms with van der Waals surface area (Å²) in [6, 6.07) is 11.8. The van der Waals surface area contributed by atoms with E-state index in [2.05, 4.69) is 25.6 Å². The van der Waals surface area contributed by atoms with Crippen LogP contribution in [0.3, 0.4) is 0 Å². The van der Waals surface area contributed by atoms with Crippen LogP contribution in [0.5, 0.6) is 0 Å². The zero-order valence-corrected chi connectivity index (χ0v) is 12.6. The van der Waals surface area contributed by atoms with Crippen molar-refractivity contribution in [3.63, 3.8) is 0 Å². The van der Waals surface area contributed by atoms with Crippen molar-refractivity contribution >= 4 is 28.1 Å². The monoisotopic (exact) mass is 297 g/mol. The third-order valence-electron chi connectivity index (χ3n) is 2.93. The van der Waals surface area contributed by atoms with Gasteiger partial charge in [-0.25, -0.2) is 15.0 Å². The predicted molar refractivity (Wildman–Crippen MR) is 87.1 cm³/mol. The zero-order valence-electron chi connectivity index (χ0n) is 11.8. The normalized spacial score (nSPS) is 10.4. The van der Waals surface area contributed by atoms with Gasteiger partial charge < -0.3 is 10.6 Å². The van der Waals surface area contributed by atoms with E-state index in [1.807, 2.05) is 50.4 Å². The number of aryl methyl sites for hydroxylation is 1. The zero-order chi connectivity index (χ0) is 14.7. The van der Waals surface area contributed by atoms with Gasteiger partial charge in [-0.15, -0.1) is 0 Å². The third kappa shape index (κ3) is 3.00. The number of nitrogens with one attached hydrogen (secondary N) is 2. The lowest BCUT2D eigenvalue weighted by Gasteiger charge is -2.05. The summed E-state index contributed by atoms with van der Waals surface area (Å²) in [6.07, 6.45) is 1.76. The highest BCUT2D eigenvalue weighted by atomic mass is 32.1. The Balaban J connectivity index is 1.91. The highest BCUT2D eigenvalue weighted by Gasteiger charge is 2.11. The molecule has 106 valence electrons. The van der Waals surface area contributed by atoms with Crippen LogP contribution in [0.4, 0.5) is 16.8 Å². The van der Waals surface area contributed by atoms with Gasteiger partial charge in [0.05, 0.1) is 16.3 Å². The summed E-state index contributed by atoms with van der Waals surface area (Å²) in [6.45, 7) is 1.99. The second kappa shape index (κ2) is 5.88. The first-order valence-electron chi connectivity index (χ1n) is 6.57. The minimum absolute atomic E-state index is 0.581. The van der Waals surface area contributed by atoms with E-state index in [1.54, 1.807) is 17.5 Å². The molecule has 0 aliphatic carbocycles. The SMILES string of the molecule is CNc1nc(C)c(-c2ccnc(Nc3ccccc3)n2)s1.